The molecule has 0 spiro atoms. The van der Waals surface area contributed by atoms with Gasteiger partial charge in [-0.1, -0.05) is 12.1 Å². The molecule has 1 fully saturated rings. The molecule has 2 amide bonds. The van der Waals surface area contributed by atoms with Crippen LogP contribution >= 0.6 is 0 Å². The second-order valence-electron chi connectivity index (χ2n) is 8.90. The van der Waals surface area contributed by atoms with Crippen molar-refractivity contribution in [3.63, 3.8) is 0 Å². The normalized spacial score (nSPS) is 15.8. The van der Waals surface area contributed by atoms with Crippen LogP contribution in [0.15, 0.2) is 42.5 Å². The highest BCUT2D eigenvalue weighted by atomic mass is 35.5. The number of aromatic nitrogens is 2. The number of nitrogens with zero attached hydrogens (tertiary/aromatic N) is 3. The summed E-state index contributed by atoms with van der Waals surface area (Å²) in [6.45, 7) is 4.51. The average molecular weight is 514 g/mol. The van der Waals surface area contributed by atoms with E-state index in [2.05, 4.69) is 9.13 Å². The highest BCUT2D eigenvalue weighted by Crippen LogP contribution is 2.27. The van der Waals surface area contributed by atoms with Gasteiger partial charge in [0, 0.05) is 25.2 Å². The zero-order chi connectivity index (χ0) is 24.5. The van der Waals surface area contributed by atoms with Gasteiger partial charge in [0.2, 0.25) is 0 Å². The summed E-state index contributed by atoms with van der Waals surface area (Å²) in [6.07, 6.45) is 1.89. The van der Waals surface area contributed by atoms with E-state index in [1.54, 1.807) is 30.3 Å². The van der Waals surface area contributed by atoms with Crippen molar-refractivity contribution in [2.75, 3.05) is 19.8 Å². The topological polar surface area (TPSA) is 102 Å². The van der Waals surface area contributed by atoms with Gasteiger partial charge in [-0.15, -0.1) is 0 Å². The minimum atomic E-state index is -1.04. The summed E-state index contributed by atoms with van der Waals surface area (Å²) in [7, 11) is 0. The van der Waals surface area contributed by atoms with Crippen LogP contribution in [0.4, 0.5) is 0 Å². The lowest BCUT2D eigenvalue weighted by atomic mass is 10.0. The molecular weight excluding hydrogens is 486 g/mol. The second-order valence-corrected chi connectivity index (χ2v) is 8.90. The molecule has 3 aromatic rings. The standard InChI is InChI=1S/C26H27N3O6.ClH/c1-2-27-22-13-18(35-16-24(30)31)7-8-21(22)28(14-17-9-11-34-12-10-17)23(27)15-29-25(32)19-5-3-4-6-20(19)26(29)33;/h3-8,13,17H,2,9-12,14-16H2,1H3;1H. The van der Waals surface area contributed by atoms with Crippen LogP contribution in [0.3, 0.4) is 0 Å². The van der Waals surface area contributed by atoms with Crippen molar-refractivity contribution in [3.8, 4) is 5.75 Å². The summed E-state index contributed by atoms with van der Waals surface area (Å²) in [5.41, 5.74) is 2.68. The zero-order valence-electron chi connectivity index (χ0n) is 20.0. The molecule has 1 aromatic heterocycles. The third kappa shape index (κ3) is 4.68. The number of imidazole rings is 1. The predicted octanol–water partition coefficient (Wildman–Crippen LogP) is -0.361. The first kappa shape index (κ1) is 25.7. The van der Waals surface area contributed by atoms with Gasteiger partial charge in [0.05, 0.1) is 24.2 Å². The molecule has 0 unspecified atom stereocenters. The quantitative estimate of drug-likeness (QED) is 0.326. The first-order valence-electron chi connectivity index (χ1n) is 11.9. The SMILES string of the molecule is CCn1c(CN2C(=O)c3ccccc3C2=O)[n+](CC2CCOCC2)c2ccc(OCC(=O)O)cc21.[Cl-]. The number of hydrogen-bond acceptors (Lipinski definition) is 5. The molecule has 2 aliphatic heterocycles. The van der Waals surface area contributed by atoms with Gasteiger partial charge in [-0.25, -0.2) is 13.9 Å². The van der Waals surface area contributed by atoms with Crippen molar-refractivity contribution < 1.29 is 45.9 Å². The number of aliphatic carboxylic acids is 1. The number of rotatable bonds is 8. The Bertz CT molecular complexity index is 1280. The maximum atomic E-state index is 13.1. The lowest BCUT2D eigenvalue weighted by Crippen LogP contribution is -3.00. The number of amides is 2. The number of halogens is 1. The van der Waals surface area contributed by atoms with Gasteiger partial charge in [0.25, 0.3) is 17.6 Å². The maximum Gasteiger partial charge on any atom is 0.341 e. The fourth-order valence-corrected chi connectivity index (χ4v) is 5.04. The number of carboxylic acids is 1. The molecule has 1 N–H and O–H groups in total. The van der Waals surface area contributed by atoms with Crippen molar-refractivity contribution in [1.29, 1.82) is 0 Å². The number of ether oxygens (including phenoxy) is 2. The second kappa shape index (κ2) is 10.7. The van der Waals surface area contributed by atoms with Crippen molar-refractivity contribution in [1.82, 2.24) is 9.47 Å². The number of hydrogen-bond donors (Lipinski definition) is 1. The molecule has 5 rings (SSSR count). The first-order chi connectivity index (χ1) is 17.0. The van der Waals surface area contributed by atoms with E-state index in [0.717, 1.165) is 49.5 Å². The van der Waals surface area contributed by atoms with Crippen LogP contribution in [-0.2, 0) is 29.2 Å². The summed E-state index contributed by atoms with van der Waals surface area (Å²) >= 11 is 0. The van der Waals surface area contributed by atoms with Gasteiger partial charge in [0.1, 0.15) is 12.3 Å². The molecule has 190 valence electrons. The Hall–Kier alpha value is -3.43. The monoisotopic (exact) mass is 513 g/mol. The van der Waals surface area contributed by atoms with Gasteiger partial charge in [0.15, 0.2) is 17.6 Å². The average Bonchev–Trinajstić information content (AvgIpc) is 3.29. The van der Waals surface area contributed by atoms with E-state index in [4.69, 9.17) is 14.6 Å². The molecule has 9 nitrogen and oxygen atoms in total. The Balaban J connectivity index is 0.00000304. The van der Waals surface area contributed by atoms with Crippen molar-refractivity contribution in [2.24, 2.45) is 5.92 Å². The molecule has 0 saturated carbocycles. The van der Waals surface area contributed by atoms with E-state index in [1.807, 2.05) is 19.1 Å². The third-order valence-corrected chi connectivity index (χ3v) is 6.79. The fraction of sp³-hybridized carbons (Fsp3) is 0.385. The van der Waals surface area contributed by atoms with E-state index in [0.29, 0.717) is 29.3 Å². The molecule has 0 radical (unpaired) electrons. The van der Waals surface area contributed by atoms with Crippen LogP contribution in [-0.4, -0.2) is 52.2 Å². The minimum Gasteiger partial charge on any atom is -1.00 e. The lowest BCUT2D eigenvalue weighted by Gasteiger charge is -2.21. The minimum absolute atomic E-state index is 0. The highest BCUT2D eigenvalue weighted by molar-refractivity contribution is 6.21. The Morgan fingerprint density at radius 2 is 1.78 bits per heavy atom. The Labute approximate surface area is 214 Å². The molecule has 0 aliphatic carbocycles. The number of carbonyl (C=O) groups is 3. The predicted molar refractivity (Wildman–Crippen MR) is 125 cm³/mol. The number of carbonyl (C=O) groups excluding carboxylic acids is 2. The summed E-state index contributed by atoms with van der Waals surface area (Å²) in [4.78, 5) is 38.5. The maximum absolute atomic E-state index is 13.1. The molecule has 1 saturated heterocycles. The molecular formula is C26H28ClN3O6. The van der Waals surface area contributed by atoms with Gasteiger partial charge < -0.3 is 27.0 Å². The zero-order valence-corrected chi connectivity index (χ0v) is 20.7. The van der Waals surface area contributed by atoms with Crippen molar-refractivity contribution in [3.05, 3.63) is 59.4 Å². The molecule has 2 aromatic carbocycles. The van der Waals surface area contributed by atoms with Gasteiger partial charge >= 0.3 is 5.97 Å². The van der Waals surface area contributed by atoms with E-state index < -0.39 is 12.6 Å². The van der Waals surface area contributed by atoms with Crippen LogP contribution in [0, 0.1) is 5.92 Å². The number of benzene rings is 2. The van der Waals surface area contributed by atoms with Crippen LogP contribution < -0.4 is 21.7 Å². The molecule has 0 atom stereocenters. The summed E-state index contributed by atoms with van der Waals surface area (Å²) in [6, 6.07) is 12.4. The van der Waals surface area contributed by atoms with Crippen LogP contribution in [0.25, 0.3) is 11.0 Å². The van der Waals surface area contributed by atoms with E-state index in [1.165, 1.54) is 4.90 Å². The number of imide groups is 1. The first-order valence-corrected chi connectivity index (χ1v) is 11.9. The third-order valence-electron chi connectivity index (χ3n) is 6.79. The van der Waals surface area contributed by atoms with Gasteiger partial charge in [-0.05, 0) is 44.0 Å². The molecule has 3 heterocycles. The van der Waals surface area contributed by atoms with Crippen molar-refractivity contribution >= 4 is 28.8 Å². The largest absolute Gasteiger partial charge is 1.00 e. The smallest absolute Gasteiger partial charge is 0.341 e. The summed E-state index contributed by atoms with van der Waals surface area (Å²) in [5, 5.41) is 8.99. The number of fused-ring (bicyclic) bond motifs is 2. The Morgan fingerprint density at radius 1 is 1.11 bits per heavy atom. The van der Waals surface area contributed by atoms with E-state index in [-0.39, 0.29) is 30.8 Å². The number of aryl methyl sites for hydroxylation is 1. The van der Waals surface area contributed by atoms with Crippen LogP contribution in [0.1, 0.15) is 46.3 Å². The van der Waals surface area contributed by atoms with Crippen LogP contribution in [0.2, 0.25) is 0 Å². The highest BCUT2D eigenvalue weighted by Gasteiger charge is 2.39. The molecule has 0 bridgehead atoms. The molecule has 10 heteroatoms. The van der Waals surface area contributed by atoms with E-state index in [9.17, 15) is 14.4 Å². The molecule has 2 aliphatic rings. The van der Waals surface area contributed by atoms with Gasteiger partial charge in [-0.2, -0.15) is 0 Å². The lowest BCUT2D eigenvalue weighted by molar-refractivity contribution is -0.687. The number of carboxylic acid groups (broad SMARTS) is 1. The summed E-state index contributed by atoms with van der Waals surface area (Å²) in [5.74, 6) is 0.0880. The molecule has 36 heavy (non-hydrogen) atoms. The fourth-order valence-electron chi connectivity index (χ4n) is 5.04. The van der Waals surface area contributed by atoms with Gasteiger partial charge in [-0.3, -0.25) is 14.5 Å². The van der Waals surface area contributed by atoms with Crippen LogP contribution in [0.5, 0.6) is 5.75 Å². The van der Waals surface area contributed by atoms with Crippen molar-refractivity contribution in [2.45, 2.75) is 39.4 Å². The summed E-state index contributed by atoms with van der Waals surface area (Å²) < 4.78 is 15.2. The Morgan fingerprint density at radius 3 is 2.39 bits per heavy atom. The Kier molecular flexibility index (Phi) is 7.61. The van der Waals surface area contributed by atoms with E-state index >= 15 is 0 Å².